The second kappa shape index (κ2) is 10.7. The Morgan fingerprint density at radius 3 is 2.69 bits per heavy atom. The van der Waals surface area contributed by atoms with E-state index in [4.69, 9.17) is 9.84 Å². The Morgan fingerprint density at radius 1 is 1.38 bits per heavy atom. The van der Waals surface area contributed by atoms with Gasteiger partial charge in [0.15, 0.2) is 0 Å². The third-order valence-corrected chi connectivity index (χ3v) is 2.55. The van der Waals surface area contributed by atoms with Crippen LogP contribution in [0, 0.1) is 0 Å². The van der Waals surface area contributed by atoms with Crippen molar-refractivity contribution in [2.75, 3.05) is 7.11 Å². The molecule has 1 N–H and O–H groups in total. The lowest BCUT2D eigenvalue weighted by Crippen LogP contribution is -2.08. The maximum atomic E-state index is 10.3. The highest BCUT2D eigenvalue weighted by Gasteiger charge is 2.03. The quantitative estimate of drug-likeness (QED) is 0.460. The monoisotopic (exact) mass is 228 g/mol. The van der Waals surface area contributed by atoms with Crippen molar-refractivity contribution in [1.82, 2.24) is 0 Å². The zero-order chi connectivity index (χ0) is 12.2. The molecule has 0 fully saturated rings. The number of carboxylic acid groups (broad SMARTS) is 1. The standard InChI is InChI=1S/C13H24O3/c1-3-4-6-9-12(16-2)10-7-5-8-11-13(14)15/h5,7,12H,3-4,6,8-11H2,1-2H3,(H,14,15)/b7-5+. The fraction of sp³-hybridized carbons (Fsp3) is 0.769. The topological polar surface area (TPSA) is 46.5 Å². The maximum Gasteiger partial charge on any atom is 0.303 e. The Balaban J connectivity index is 3.56. The summed E-state index contributed by atoms with van der Waals surface area (Å²) >= 11 is 0. The molecule has 0 aromatic rings. The van der Waals surface area contributed by atoms with Crippen molar-refractivity contribution in [3.8, 4) is 0 Å². The van der Waals surface area contributed by atoms with Gasteiger partial charge in [0, 0.05) is 13.5 Å². The highest BCUT2D eigenvalue weighted by molar-refractivity contribution is 5.66. The summed E-state index contributed by atoms with van der Waals surface area (Å²) < 4.78 is 5.36. The first-order valence-electron chi connectivity index (χ1n) is 6.10. The van der Waals surface area contributed by atoms with E-state index in [1.54, 1.807) is 7.11 Å². The van der Waals surface area contributed by atoms with Gasteiger partial charge in [-0.2, -0.15) is 0 Å². The van der Waals surface area contributed by atoms with Gasteiger partial charge in [-0.25, -0.2) is 0 Å². The Kier molecular flexibility index (Phi) is 10.1. The summed E-state index contributed by atoms with van der Waals surface area (Å²) in [7, 11) is 1.74. The number of aliphatic carboxylic acids is 1. The molecule has 0 amide bonds. The predicted molar refractivity (Wildman–Crippen MR) is 65.6 cm³/mol. The number of rotatable bonds is 10. The molecular weight excluding hydrogens is 204 g/mol. The summed E-state index contributed by atoms with van der Waals surface area (Å²) in [5.74, 6) is -0.740. The number of unbranched alkanes of at least 4 members (excludes halogenated alkanes) is 2. The lowest BCUT2D eigenvalue weighted by molar-refractivity contribution is -0.136. The van der Waals surface area contributed by atoms with Crippen molar-refractivity contribution in [2.45, 2.75) is 58.0 Å². The van der Waals surface area contributed by atoms with Crippen molar-refractivity contribution in [2.24, 2.45) is 0 Å². The van der Waals surface area contributed by atoms with Crippen LogP contribution < -0.4 is 0 Å². The van der Waals surface area contributed by atoms with Gasteiger partial charge in [0.2, 0.25) is 0 Å². The molecule has 0 aromatic heterocycles. The van der Waals surface area contributed by atoms with Crippen LogP contribution >= 0.6 is 0 Å². The van der Waals surface area contributed by atoms with Crippen molar-refractivity contribution >= 4 is 5.97 Å². The van der Waals surface area contributed by atoms with E-state index < -0.39 is 5.97 Å². The van der Waals surface area contributed by atoms with Crippen LogP contribution in [0.15, 0.2) is 12.2 Å². The molecule has 0 aromatic carbocycles. The number of hydrogen-bond donors (Lipinski definition) is 1. The van der Waals surface area contributed by atoms with Gasteiger partial charge < -0.3 is 9.84 Å². The van der Waals surface area contributed by atoms with Crippen LogP contribution in [0.2, 0.25) is 0 Å². The highest BCUT2D eigenvalue weighted by atomic mass is 16.5. The Bertz CT molecular complexity index is 199. The molecule has 0 saturated carbocycles. The highest BCUT2D eigenvalue weighted by Crippen LogP contribution is 2.10. The molecule has 0 bridgehead atoms. The molecule has 1 atom stereocenters. The number of hydrogen-bond acceptors (Lipinski definition) is 2. The van der Waals surface area contributed by atoms with Gasteiger partial charge in [-0.05, 0) is 19.3 Å². The van der Waals surface area contributed by atoms with E-state index in [1.165, 1.54) is 19.3 Å². The summed E-state index contributed by atoms with van der Waals surface area (Å²) in [6.07, 6.45) is 10.7. The van der Waals surface area contributed by atoms with E-state index in [0.717, 1.165) is 12.8 Å². The van der Waals surface area contributed by atoms with Crippen molar-refractivity contribution in [3.63, 3.8) is 0 Å². The summed E-state index contributed by atoms with van der Waals surface area (Å²) in [5.41, 5.74) is 0. The van der Waals surface area contributed by atoms with E-state index in [9.17, 15) is 4.79 Å². The van der Waals surface area contributed by atoms with Gasteiger partial charge in [0.1, 0.15) is 0 Å². The minimum absolute atomic E-state index is 0.212. The fourth-order valence-electron chi connectivity index (χ4n) is 1.53. The van der Waals surface area contributed by atoms with Gasteiger partial charge in [-0.1, -0.05) is 38.3 Å². The molecule has 0 aliphatic carbocycles. The van der Waals surface area contributed by atoms with Crippen LogP contribution in [0.4, 0.5) is 0 Å². The molecule has 1 unspecified atom stereocenters. The Morgan fingerprint density at radius 2 is 2.12 bits per heavy atom. The SMILES string of the molecule is CCCCCC(C/C=C/CCC(=O)O)OC. The lowest BCUT2D eigenvalue weighted by Gasteiger charge is -2.12. The third-order valence-electron chi connectivity index (χ3n) is 2.55. The smallest absolute Gasteiger partial charge is 0.303 e. The van der Waals surface area contributed by atoms with Crippen LogP contribution in [0.25, 0.3) is 0 Å². The van der Waals surface area contributed by atoms with Gasteiger partial charge in [0.25, 0.3) is 0 Å². The van der Waals surface area contributed by atoms with Crippen molar-refractivity contribution in [3.05, 3.63) is 12.2 Å². The predicted octanol–water partition coefficient (Wildman–Crippen LogP) is 3.39. The fourth-order valence-corrected chi connectivity index (χ4v) is 1.53. The Hall–Kier alpha value is -0.830. The average molecular weight is 228 g/mol. The van der Waals surface area contributed by atoms with E-state index >= 15 is 0 Å². The molecule has 0 spiro atoms. The van der Waals surface area contributed by atoms with E-state index in [2.05, 4.69) is 6.92 Å². The summed E-state index contributed by atoms with van der Waals surface area (Å²) in [4.78, 5) is 10.3. The largest absolute Gasteiger partial charge is 0.481 e. The van der Waals surface area contributed by atoms with E-state index in [0.29, 0.717) is 6.42 Å². The zero-order valence-electron chi connectivity index (χ0n) is 10.4. The molecule has 0 saturated heterocycles. The normalized spacial score (nSPS) is 13.1. The van der Waals surface area contributed by atoms with Crippen molar-refractivity contribution < 1.29 is 14.6 Å². The molecule has 0 radical (unpaired) electrons. The van der Waals surface area contributed by atoms with Crippen LogP contribution in [-0.4, -0.2) is 24.3 Å². The molecule has 3 nitrogen and oxygen atoms in total. The summed E-state index contributed by atoms with van der Waals surface area (Å²) in [6, 6.07) is 0. The molecule has 0 aliphatic rings. The first-order valence-corrected chi connectivity index (χ1v) is 6.10. The van der Waals surface area contributed by atoms with E-state index in [1.807, 2.05) is 12.2 Å². The van der Waals surface area contributed by atoms with Crippen LogP contribution in [-0.2, 0) is 9.53 Å². The van der Waals surface area contributed by atoms with Gasteiger partial charge >= 0.3 is 5.97 Å². The maximum absolute atomic E-state index is 10.3. The summed E-state index contributed by atoms with van der Waals surface area (Å²) in [6.45, 7) is 2.19. The van der Waals surface area contributed by atoms with E-state index in [-0.39, 0.29) is 12.5 Å². The zero-order valence-corrected chi connectivity index (χ0v) is 10.4. The number of carbonyl (C=O) groups is 1. The van der Waals surface area contributed by atoms with Crippen LogP contribution in [0.5, 0.6) is 0 Å². The average Bonchev–Trinajstić information content (AvgIpc) is 2.26. The first-order chi connectivity index (χ1) is 7.70. The minimum Gasteiger partial charge on any atom is -0.481 e. The molecule has 94 valence electrons. The lowest BCUT2D eigenvalue weighted by atomic mass is 10.1. The number of allylic oxidation sites excluding steroid dienone is 1. The third kappa shape index (κ3) is 9.71. The molecule has 16 heavy (non-hydrogen) atoms. The minimum atomic E-state index is -0.740. The van der Waals surface area contributed by atoms with Crippen LogP contribution in [0.3, 0.4) is 0 Å². The van der Waals surface area contributed by atoms with Gasteiger partial charge in [-0.3, -0.25) is 4.79 Å². The molecular formula is C13H24O3. The number of methoxy groups -OCH3 is 1. The second-order valence-electron chi connectivity index (χ2n) is 3.99. The molecule has 0 heterocycles. The molecule has 3 heteroatoms. The number of ether oxygens (including phenoxy) is 1. The molecule has 0 aliphatic heterocycles. The van der Waals surface area contributed by atoms with Gasteiger partial charge in [0.05, 0.1) is 6.10 Å². The second-order valence-corrected chi connectivity index (χ2v) is 3.99. The molecule has 0 rings (SSSR count). The summed E-state index contributed by atoms with van der Waals surface area (Å²) in [5, 5.41) is 8.45. The van der Waals surface area contributed by atoms with Crippen molar-refractivity contribution in [1.29, 1.82) is 0 Å². The first kappa shape index (κ1) is 15.2. The van der Waals surface area contributed by atoms with Crippen LogP contribution in [0.1, 0.15) is 51.9 Å². The van der Waals surface area contributed by atoms with Gasteiger partial charge in [-0.15, -0.1) is 0 Å². The number of carboxylic acids is 1. The Labute approximate surface area is 98.5 Å².